The Bertz CT molecular complexity index is 1630. The first kappa shape index (κ1) is 31.1. The normalized spacial score (nSPS) is 11.9. The fourth-order valence-electron chi connectivity index (χ4n) is 4.65. The summed E-state index contributed by atoms with van der Waals surface area (Å²) in [5, 5.41) is 3.30. The van der Waals surface area contributed by atoms with Gasteiger partial charge in [0.25, 0.3) is 10.0 Å². The van der Waals surface area contributed by atoms with Crippen molar-refractivity contribution in [1.29, 1.82) is 0 Å². The average molecular weight is 625 g/mol. The second kappa shape index (κ2) is 13.9. The molecule has 0 saturated carbocycles. The Kier molecular flexibility index (Phi) is 10.3. The van der Waals surface area contributed by atoms with Crippen LogP contribution in [0, 0.1) is 6.92 Å². The highest BCUT2D eigenvalue weighted by Gasteiger charge is 2.35. The molecule has 0 aliphatic rings. The SMILES string of the molecule is CNC(=O)[C@H](Cc1ccccc1)N(Cc1c(Cl)cccc1Cl)C(=O)CN(c1ccccc1C)S(=O)(=O)c1ccccc1. The molecule has 218 valence electrons. The number of carbonyl (C=O) groups is 2. The zero-order valence-electron chi connectivity index (χ0n) is 23.2. The molecule has 0 aliphatic carbocycles. The van der Waals surface area contributed by atoms with Crippen molar-refractivity contribution in [2.75, 3.05) is 17.9 Å². The molecule has 0 bridgehead atoms. The van der Waals surface area contributed by atoms with E-state index in [0.29, 0.717) is 26.9 Å². The molecule has 42 heavy (non-hydrogen) atoms. The number of rotatable bonds is 11. The highest BCUT2D eigenvalue weighted by Crippen LogP contribution is 2.30. The van der Waals surface area contributed by atoms with E-state index in [2.05, 4.69) is 5.32 Å². The lowest BCUT2D eigenvalue weighted by atomic mass is 10.0. The van der Waals surface area contributed by atoms with Gasteiger partial charge in [-0.15, -0.1) is 0 Å². The molecule has 0 fully saturated rings. The van der Waals surface area contributed by atoms with Gasteiger partial charge in [-0.2, -0.15) is 0 Å². The van der Waals surface area contributed by atoms with Gasteiger partial charge in [0.15, 0.2) is 0 Å². The number of likely N-dealkylation sites (N-methyl/N-ethyl adjacent to an activating group) is 1. The maximum atomic E-state index is 14.3. The molecule has 1 atom stereocenters. The molecule has 1 N–H and O–H groups in total. The number of carbonyl (C=O) groups excluding carboxylic acids is 2. The number of aryl methyl sites for hydroxylation is 1. The van der Waals surface area contributed by atoms with Crippen LogP contribution in [-0.2, 0) is 32.6 Å². The van der Waals surface area contributed by atoms with E-state index in [1.807, 2.05) is 30.3 Å². The van der Waals surface area contributed by atoms with E-state index in [9.17, 15) is 18.0 Å². The standard InChI is InChI=1S/C32H31Cl2N3O4S/c1-23-12-9-10-19-29(23)37(42(40,41)25-15-7-4-8-16-25)22-31(38)36(21-26-27(33)17-11-18-28(26)34)30(32(39)35-2)20-24-13-5-3-6-14-24/h3-19,30H,20-22H2,1-2H3,(H,35,39)/t30-/m0/s1. The fraction of sp³-hybridized carbons (Fsp3) is 0.188. The van der Waals surface area contributed by atoms with E-state index in [0.717, 1.165) is 9.87 Å². The van der Waals surface area contributed by atoms with Gasteiger partial charge in [0, 0.05) is 35.6 Å². The van der Waals surface area contributed by atoms with Crippen molar-refractivity contribution >= 4 is 50.7 Å². The van der Waals surface area contributed by atoms with E-state index >= 15 is 0 Å². The van der Waals surface area contributed by atoms with E-state index in [1.165, 1.54) is 24.1 Å². The van der Waals surface area contributed by atoms with Gasteiger partial charge in [-0.1, -0.05) is 96.0 Å². The first-order valence-electron chi connectivity index (χ1n) is 13.2. The number of halogens is 2. The second-order valence-electron chi connectivity index (χ2n) is 9.65. The predicted molar refractivity (Wildman–Crippen MR) is 167 cm³/mol. The van der Waals surface area contributed by atoms with Crippen LogP contribution >= 0.6 is 23.2 Å². The largest absolute Gasteiger partial charge is 0.357 e. The molecule has 0 heterocycles. The van der Waals surface area contributed by atoms with Gasteiger partial charge in [0.05, 0.1) is 10.6 Å². The maximum Gasteiger partial charge on any atom is 0.264 e. The topological polar surface area (TPSA) is 86.8 Å². The lowest BCUT2D eigenvalue weighted by molar-refractivity contribution is -0.139. The van der Waals surface area contributed by atoms with Gasteiger partial charge < -0.3 is 10.2 Å². The van der Waals surface area contributed by atoms with Crippen LogP contribution in [0.2, 0.25) is 10.0 Å². The number of amides is 2. The fourth-order valence-corrected chi connectivity index (χ4v) is 6.67. The van der Waals surface area contributed by atoms with Crippen LogP contribution in [0.25, 0.3) is 0 Å². The number of hydrogen-bond acceptors (Lipinski definition) is 4. The van der Waals surface area contributed by atoms with E-state index < -0.39 is 34.4 Å². The third kappa shape index (κ3) is 7.13. The molecule has 2 amide bonds. The number of sulfonamides is 1. The summed E-state index contributed by atoms with van der Waals surface area (Å²) >= 11 is 13.0. The van der Waals surface area contributed by atoms with Crippen LogP contribution in [0.15, 0.2) is 108 Å². The summed E-state index contributed by atoms with van der Waals surface area (Å²) in [7, 11) is -2.68. The second-order valence-corrected chi connectivity index (χ2v) is 12.3. The minimum Gasteiger partial charge on any atom is -0.357 e. The predicted octanol–water partition coefficient (Wildman–Crippen LogP) is 5.88. The number of nitrogens with one attached hydrogen (secondary N) is 1. The Hall–Kier alpha value is -3.85. The van der Waals surface area contributed by atoms with Crippen LogP contribution in [-0.4, -0.2) is 44.8 Å². The third-order valence-corrected chi connectivity index (χ3v) is 9.38. The molecule has 10 heteroatoms. The molecular formula is C32H31Cl2N3O4S. The number of anilines is 1. The van der Waals surface area contributed by atoms with Gasteiger partial charge in [-0.3, -0.25) is 13.9 Å². The molecule has 7 nitrogen and oxygen atoms in total. The molecule has 0 unspecified atom stereocenters. The number of nitrogens with zero attached hydrogens (tertiary/aromatic N) is 2. The zero-order valence-corrected chi connectivity index (χ0v) is 25.5. The van der Waals surface area contributed by atoms with Gasteiger partial charge in [0.1, 0.15) is 12.6 Å². The van der Waals surface area contributed by atoms with Crippen molar-refractivity contribution in [3.05, 3.63) is 130 Å². The van der Waals surface area contributed by atoms with Gasteiger partial charge >= 0.3 is 0 Å². The summed E-state index contributed by atoms with van der Waals surface area (Å²) in [5.74, 6) is -1.01. The Balaban J connectivity index is 1.82. The van der Waals surface area contributed by atoms with Crippen LogP contribution < -0.4 is 9.62 Å². The maximum absolute atomic E-state index is 14.3. The summed E-state index contributed by atoms with van der Waals surface area (Å²) in [6.07, 6.45) is 0.185. The molecule has 0 aliphatic heterocycles. The Morgan fingerprint density at radius 2 is 1.38 bits per heavy atom. The van der Waals surface area contributed by atoms with Crippen molar-refractivity contribution in [3.8, 4) is 0 Å². The van der Waals surface area contributed by atoms with Gasteiger partial charge in [0.2, 0.25) is 11.8 Å². The zero-order chi connectivity index (χ0) is 30.3. The molecule has 4 rings (SSSR count). The summed E-state index contributed by atoms with van der Waals surface area (Å²) in [6.45, 7) is 1.10. The molecule has 0 saturated heterocycles. The summed E-state index contributed by atoms with van der Waals surface area (Å²) in [4.78, 5) is 29.1. The highest BCUT2D eigenvalue weighted by atomic mass is 35.5. The molecule has 0 spiro atoms. The number of para-hydroxylation sites is 1. The van der Waals surface area contributed by atoms with Crippen LogP contribution in [0.5, 0.6) is 0 Å². The lowest BCUT2D eigenvalue weighted by Gasteiger charge is -2.34. The first-order valence-corrected chi connectivity index (χ1v) is 15.4. The van der Waals surface area contributed by atoms with Crippen molar-refractivity contribution in [3.63, 3.8) is 0 Å². The molecule has 4 aromatic rings. The average Bonchev–Trinajstić information content (AvgIpc) is 2.99. The quantitative estimate of drug-likeness (QED) is 0.226. The van der Waals surface area contributed by atoms with Crippen LogP contribution in [0.4, 0.5) is 5.69 Å². The van der Waals surface area contributed by atoms with E-state index in [4.69, 9.17) is 23.2 Å². The van der Waals surface area contributed by atoms with Gasteiger partial charge in [-0.25, -0.2) is 8.42 Å². The number of hydrogen-bond donors (Lipinski definition) is 1. The van der Waals surface area contributed by atoms with E-state index in [-0.39, 0.29) is 17.9 Å². The molecule has 0 aromatic heterocycles. The number of benzene rings is 4. The van der Waals surface area contributed by atoms with Crippen LogP contribution in [0.3, 0.4) is 0 Å². The molecule has 0 radical (unpaired) electrons. The summed E-state index contributed by atoms with van der Waals surface area (Å²) in [5.41, 5.74) is 2.29. The lowest BCUT2D eigenvalue weighted by Crippen LogP contribution is -2.53. The summed E-state index contributed by atoms with van der Waals surface area (Å²) < 4.78 is 29.1. The molecular weight excluding hydrogens is 593 g/mol. The summed E-state index contributed by atoms with van der Waals surface area (Å²) in [6, 6.07) is 28.1. The first-order chi connectivity index (χ1) is 20.1. The Labute approximate surface area is 256 Å². The highest BCUT2D eigenvalue weighted by molar-refractivity contribution is 7.92. The van der Waals surface area contributed by atoms with E-state index in [1.54, 1.807) is 67.6 Å². The van der Waals surface area contributed by atoms with Crippen molar-refractivity contribution in [1.82, 2.24) is 10.2 Å². The third-order valence-electron chi connectivity index (χ3n) is 6.90. The van der Waals surface area contributed by atoms with Crippen molar-refractivity contribution < 1.29 is 18.0 Å². The minimum absolute atomic E-state index is 0.0360. The smallest absolute Gasteiger partial charge is 0.264 e. The monoisotopic (exact) mass is 623 g/mol. The Morgan fingerprint density at radius 3 is 1.98 bits per heavy atom. The minimum atomic E-state index is -4.17. The van der Waals surface area contributed by atoms with Crippen LogP contribution in [0.1, 0.15) is 16.7 Å². The van der Waals surface area contributed by atoms with Gasteiger partial charge in [-0.05, 0) is 48.4 Å². The van der Waals surface area contributed by atoms with Crippen molar-refractivity contribution in [2.45, 2.75) is 30.8 Å². The van der Waals surface area contributed by atoms with Crippen molar-refractivity contribution in [2.24, 2.45) is 0 Å². The molecule has 4 aromatic carbocycles. The Morgan fingerprint density at radius 1 is 0.810 bits per heavy atom.